The average Bonchev–Trinajstić information content (AvgIpc) is 3.20. The van der Waals surface area contributed by atoms with Gasteiger partial charge in [0.25, 0.3) is 5.91 Å². The van der Waals surface area contributed by atoms with Crippen LogP contribution in [0.4, 0.5) is 4.39 Å². The van der Waals surface area contributed by atoms with E-state index in [0.717, 1.165) is 4.88 Å². The lowest BCUT2D eigenvalue weighted by molar-refractivity contribution is -0.142. The lowest BCUT2D eigenvalue weighted by atomic mass is 10.1. The molecule has 0 unspecified atom stereocenters. The lowest BCUT2D eigenvalue weighted by Crippen LogP contribution is -2.35. The molecule has 0 fully saturated rings. The van der Waals surface area contributed by atoms with Crippen LogP contribution < -0.4 is 10.7 Å². The molecular weight excluding hydrogens is 373 g/mol. The van der Waals surface area contributed by atoms with Gasteiger partial charge in [-0.3, -0.25) is 9.59 Å². The first-order valence-electron chi connectivity index (χ1n) is 8.13. The molecule has 2 aromatic rings. The highest BCUT2D eigenvalue weighted by Gasteiger charge is 2.22. The summed E-state index contributed by atoms with van der Waals surface area (Å²) in [5.41, 5.74) is 2.97. The number of hydrogen-bond acceptors (Lipinski definition) is 6. The van der Waals surface area contributed by atoms with Gasteiger partial charge in [-0.1, -0.05) is 18.2 Å². The van der Waals surface area contributed by atoms with Crippen LogP contribution in [0.3, 0.4) is 0 Å². The molecule has 0 saturated carbocycles. The molecule has 1 aromatic carbocycles. The molecule has 0 radical (unpaired) electrons. The topological polar surface area (TPSA) is 96.9 Å². The maximum atomic E-state index is 13.2. The number of benzene rings is 1. The number of carbonyl (C=O) groups excluding carboxylic acids is 3. The zero-order valence-electron chi connectivity index (χ0n) is 14.1. The van der Waals surface area contributed by atoms with E-state index >= 15 is 0 Å². The van der Waals surface area contributed by atoms with Crippen molar-refractivity contribution in [2.24, 2.45) is 5.10 Å². The number of hydrazone groups is 1. The van der Waals surface area contributed by atoms with Crippen molar-refractivity contribution in [1.82, 2.24) is 10.7 Å². The first-order chi connectivity index (χ1) is 13.0. The fraction of sp³-hybridized carbons (Fsp3) is 0.222. The van der Waals surface area contributed by atoms with Gasteiger partial charge in [0.2, 0.25) is 5.91 Å². The summed E-state index contributed by atoms with van der Waals surface area (Å²) in [5, 5.41) is 8.27. The molecule has 0 spiro atoms. The summed E-state index contributed by atoms with van der Waals surface area (Å²) in [6.45, 7) is -0.491. The van der Waals surface area contributed by atoms with Gasteiger partial charge in [0, 0.05) is 17.7 Å². The Morgan fingerprint density at radius 1 is 1.26 bits per heavy atom. The molecule has 7 nitrogen and oxygen atoms in total. The van der Waals surface area contributed by atoms with Crippen molar-refractivity contribution >= 4 is 34.8 Å². The highest BCUT2D eigenvalue weighted by Crippen LogP contribution is 2.26. The van der Waals surface area contributed by atoms with Crippen molar-refractivity contribution in [3.05, 3.63) is 58.0 Å². The fourth-order valence-electron chi connectivity index (χ4n) is 2.47. The number of nitrogens with one attached hydrogen (secondary N) is 2. The Labute approximate surface area is 158 Å². The van der Waals surface area contributed by atoms with Gasteiger partial charge in [-0.05, 0) is 29.1 Å². The molecule has 0 aliphatic carbocycles. The van der Waals surface area contributed by atoms with Crippen LogP contribution >= 0.6 is 11.3 Å². The minimum atomic E-state index is -0.750. The number of amides is 2. The normalized spacial score (nSPS) is 14.7. The molecule has 2 heterocycles. The first kappa shape index (κ1) is 18.7. The van der Waals surface area contributed by atoms with Crippen LogP contribution in [0.25, 0.3) is 0 Å². The molecule has 140 valence electrons. The quantitative estimate of drug-likeness (QED) is 0.738. The highest BCUT2D eigenvalue weighted by atomic mass is 32.1. The van der Waals surface area contributed by atoms with Crippen molar-refractivity contribution < 1.29 is 23.5 Å². The number of nitrogens with zero attached hydrogens (tertiary/aromatic N) is 1. The maximum absolute atomic E-state index is 13.2. The first-order valence-corrected chi connectivity index (χ1v) is 9.01. The summed E-state index contributed by atoms with van der Waals surface area (Å²) in [4.78, 5) is 36.1. The van der Waals surface area contributed by atoms with Crippen molar-refractivity contribution in [2.75, 3.05) is 6.61 Å². The van der Waals surface area contributed by atoms with Crippen LogP contribution in [0.15, 0.2) is 46.9 Å². The third kappa shape index (κ3) is 4.98. The molecule has 0 saturated heterocycles. The largest absolute Gasteiger partial charge is 0.451 e. The molecule has 27 heavy (non-hydrogen) atoms. The van der Waals surface area contributed by atoms with Gasteiger partial charge >= 0.3 is 5.97 Å². The van der Waals surface area contributed by atoms with Crippen LogP contribution in [0.5, 0.6) is 0 Å². The van der Waals surface area contributed by atoms with Gasteiger partial charge in [-0.25, -0.2) is 14.6 Å². The lowest BCUT2D eigenvalue weighted by Gasteiger charge is -2.18. The van der Waals surface area contributed by atoms with Crippen LogP contribution in [0.1, 0.15) is 29.3 Å². The summed E-state index contributed by atoms with van der Waals surface area (Å²) in [7, 11) is 0. The van der Waals surface area contributed by atoms with Crippen molar-refractivity contribution in [2.45, 2.75) is 18.9 Å². The zero-order valence-corrected chi connectivity index (χ0v) is 14.9. The zero-order chi connectivity index (χ0) is 19.2. The second kappa shape index (κ2) is 8.54. The SMILES string of the molecule is O=C1CCC(C(=O)OCC(=O)N[C@@H](c2ccc(F)cc2)c2cccs2)=NN1. The number of rotatable bonds is 6. The number of carbonyl (C=O) groups is 3. The Morgan fingerprint density at radius 2 is 2.04 bits per heavy atom. The molecule has 3 rings (SSSR count). The molecule has 1 aliphatic rings. The standard InChI is InChI=1S/C18H16FN3O4S/c19-12-5-3-11(4-6-12)17(14-2-1-9-27-14)20-16(24)10-26-18(25)13-7-8-15(23)22-21-13/h1-6,9,17H,7-8,10H2,(H,20,24)(H,22,23)/t17-/m0/s1. The summed E-state index contributed by atoms with van der Waals surface area (Å²) in [6.07, 6.45) is 0.310. The van der Waals surface area contributed by atoms with E-state index < -0.39 is 24.5 Å². The van der Waals surface area contributed by atoms with Crippen molar-refractivity contribution in [3.63, 3.8) is 0 Å². The van der Waals surface area contributed by atoms with Crippen LogP contribution in [-0.4, -0.2) is 30.1 Å². The Hall–Kier alpha value is -3.07. The van der Waals surface area contributed by atoms with E-state index in [4.69, 9.17) is 4.74 Å². The van der Waals surface area contributed by atoms with Gasteiger partial charge in [-0.15, -0.1) is 11.3 Å². The second-order valence-electron chi connectivity index (χ2n) is 5.74. The summed E-state index contributed by atoms with van der Waals surface area (Å²) >= 11 is 1.44. The molecule has 1 atom stereocenters. The third-order valence-corrected chi connectivity index (χ3v) is 4.75. The van der Waals surface area contributed by atoms with E-state index in [-0.39, 0.29) is 30.3 Å². The van der Waals surface area contributed by atoms with Gasteiger partial charge in [0.05, 0.1) is 6.04 Å². The third-order valence-electron chi connectivity index (χ3n) is 3.81. The highest BCUT2D eigenvalue weighted by molar-refractivity contribution is 7.10. The average molecular weight is 389 g/mol. The van der Waals surface area contributed by atoms with Crippen LogP contribution in [0.2, 0.25) is 0 Å². The minimum absolute atomic E-state index is 0.0655. The Bertz CT molecular complexity index is 865. The number of esters is 1. The van der Waals surface area contributed by atoms with E-state index in [1.165, 1.54) is 23.5 Å². The van der Waals surface area contributed by atoms with E-state index in [1.807, 2.05) is 17.5 Å². The van der Waals surface area contributed by atoms with E-state index in [9.17, 15) is 18.8 Å². The molecule has 1 aromatic heterocycles. The Balaban J connectivity index is 1.62. The summed E-state index contributed by atoms with van der Waals surface area (Å²) in [6, 6.07) is 9.03. The van der Waals surface area contributed by atoms with Crippen LogP contribution in [-0.2, 0) is 19.1 Å². The van der Waals surface area contributed by atoms with E-state index in [2.05, 4.69) is 15.8 Å². The van der Waals surface area contributed by atoms with Gasteiger partial charge in [-0.2, -0.15) is 5.10 Å². The molecule has 9 heteroatoms. The number of ether oxygens (including phenoxy) is 1. The summed E-state index contributed by atoms with van der Waals surface area (Å²) in [5.74, 6) is -1.90. The number of hydrogen-bond donors (Lipinski definition) is 2. The smallest absolute Gasteiger partial charge is 0.355 e. The summed E-state index contributed by atoms with van der Waals surface area (Å²) < 4.78 is 18.1. The fourth-order valence-corrected chi connectivity index (χ4v) is 3.27. The van der Waals surface area contributed by atoms with Crippen molar-refractivity contribution in [1.29, 1.82) is 0 Å². The van der Waals surface area contributed by atoms with Crippen molar-refractivity contribution in [3.8, 4) is 0 Å². The van der Waals surface area contributed by atoms with Gasteiger partial charge in [0.15, 0.2) is 6.61 Å². The minimum Gasteiger partial charge on any atom is -0.451 e. The van der Waals surface area contributed by atoms with Gasteiger partial charge < -0.3 is 10.1 Å². The van der Waals surface area contributed by atoms with Gasteiger partial charge in [0.1, 0.15) is 11.5 Å². The monoisotopic (exact) mass is 389 g/mol. The molecule has 2 N–H and O–H groups in total. The van der Waals surface area contributed by atoms with E-state index in [1.54, 1.807) is 12.1 Å². The van der Waals surface area contributed by atoms with E-state index in [0.29, 0.717) is 5.56 Å². The molecule has 1 aliphatic heterocycles. The maximum Gasteiger partial charge on any atom is 0.355 e. The molecular formula is C18H16FN3O4S. The van der Waals surface area contributed by atoms with Crippen LogP contribution in [0, 0.1) is 5.82 Å². The Kier molecular flexibility index (Phi) is 5.92. The predicted molar refractivity (Wildman–Crippen MR) is 96.5 cm³/mol. The number of halogens is 1. The number of thiophene rings is 1. The second-order valence-corrected chi connectivity index (χ2v) is 6.72. The predicted octanol–water partition coefficient (Wildman–Crippen LogP) is 1.90. The molecule has 0 bridgehead atoms. The molecule has 2 amide bonds. The Morgan fingerprint density at radius 3 is 2.67 bits per heavy atom.